The van der Waals surface area contributed by atoms with Gasteiger partial charge in [-0.2, -0.15) is 0 Å². The summed E-state index contributed by atoms with van der Waals surface area (Å²) in [5.74, 6) is 0. The summed E-state index contributed by atoms with van der Waals surface area (Å²) < 4.78 is 5.37. The Morgan fingerprint density at radius 1 is 1.43 bits per heavy atom. The molecule has 84 valence electrons. The second kappa shape index (κ2) is 7.21. The van der Waals surface area contributed by atoms with E-state index in [0.717, 1.165) is 26.3 Å². The van der Waals surface area contributed by atoms with Crippen molar-refractivity contribution in [2.75, 3.05) is 39.4 Å². The summed E-state index contributed by atoms with van der Waals surface area (Å²) in [5, 5.41) is 3.56. The molecular formula is C11H24N2O. The molecule has 0 aromatic rings. The van der Waals surface area contributed by atoms with Crippen LogP contribution in [0.3, 0.4) is 0 Å². The lowest BCUT2D eigenvalue weighted by atomic mass is 10.1. The predicted octanol–water partition coefficient (Wildman–Crippen LogP) is 1.10. The van der Waals surface area contributed by atoms with E-state index in [0.29, 0.717) is 6.04 Å². The standard InChI is InChI=1S/C11H24N2O/c1-3-5-11-10-13(7-6-12-11)8-9-14-4-2/h11-12H,3-10H2,1-2H3. The third-order valence-electron chi connectivity index (χ3n) is 2.73. The molecule has 1 heterocycles. The molecule has 1 N–H and O–H groups in total. The number of hydrogen-bond donors (Lipinski definition) is 1. The first-order valence-electron chi connectivity index (χ1n) is 5.90. The van der Waals surface area contributed by atoms with Crippen molar-refractivity contribution in [3.63, 3.8) is 0 Å². The smallest absolute Gasteiger partial charge is 0.0593 e. The average molecular weight is 200 g/mol. The molecule has 0 bridgehead atoms. The highest BCUT2D eigenvalue weighted by molar-refractivity contribution is 4.77. The lowest BCUT2D eigenvalue weighted by Crippen LogP contribution is -2.51. The van der Waals surface area contributed by atoms with Crippen molar-refractivity contribution in [1.29, 1.82) is 0 Å². The zero-order valence-electron chi connectivity index (χ0n) is 9.59. The highest BCUT2D eigenvalue weighted by Gasteiger charge is 2.17. The van der Waals surface area contributed by atoms with Crippen molar-refractivity contribution in [3.8, 4) is 0 Å². The van der Waals surface area contributed by atoms with Gasteiger partial charge in [0.25, 0.3) is 0 Å². The quantitative estimate of drug-likeness (QED) is 0.650. The Morgan fingerprint density at radius 2 is 2.29 bits per heavy atom. The first kappa shape index (κ1) is 12.0. The van der Waals surface area contributed by atoms with Gasteiger partial charge in [0.15, 0.2) is 0 Å². The lowest BCUT2D eigenvalue weighted by molar-refractivity contribution is 0.0984. The minimum Gasteiger partial charge on any atom is -0.380 e. The van der Waals surface area contributed by atoms with Crippen molar-refractivity contribution >= 4 is 0 Å². The Labute approximate surface area is 87.8 Å². The fraction of sp³-hybridized carbons (Fsp3) is 1.00. The van der Waals surface area contributed by atoms with Crippen molar-refractivity contribution < 1.29 is 4.74 Å². The molecule has 0 aliphatic carbocycles. The normalized spacial score (nSPS) is 24.0. The third-order valence-corrected chi connectivity index (χ3v) is 2.73. The Kier molecular flexibility index (Phi) is 6.15. The van der Waals surface area contributed by atoms with E-state index in [1.807, 2.05) is 0 Å². The van der Waals surface area contributed by atoms with Gasteiger partial charge in [0.2, 0.25) is 0 Å². The molecule has 1 aliphatic heterocycles. The summed E-state index contributed by atoms with van der Waals surface area (Å²) in [6, 6.07) is 0.704. The van der Waals surface area contributed by atoms with Crippen molar-refractivity contribution in [2.45, 2.75) is 32.7 Å². The van der Waals surface area contributed by atoms with Gasteiger partial charge in [-0.1, -0.05) is 13.3 Å². The molecule has 0 aromatic heterocycles. The van der Waals surface area contributed by atoms with Crippen molar-refractivity contribution in [3.05, 3.63) is 0 Å². The van der Waals surface area contributed by atoms with Crippen molar-refractivity contribution in [1.82, 2.24) is 10.2 Å². The Bertz CT molecular complexity index is 139. The van der Waals surface area contributed by atoms with Gasteiger partial charge in [-0.05, 0) is 13.3 Å². The van der Waals surface area contributed by atoms with E-state index in [9.17, 15) is 0 Å². The van der Waals surface area contributed by atoms with E-state index < -0.39 is 0 Å². The fourth-order valence-corrected chi connectivity index (χ4v) is 1.98. The number of nitrogens with zero attached hydrogens (tertiary/aromatic N) is 1. The molecule has 0 radical (unpaired) electrons. The van der Waals surface area contributed by atoms with Gasteiger partial charge in [-0.15, -0.1) is 0 Å². The van der Waals surface area contributed by atoms with E-state index in [2.05, 4.69) is 24.1 Å². The molecule has 1 fully saturated rings. The van der Waals surface area contributed by atoms with Crippen LogP contribution in [0.15, 0.2) is 0 Å². The van der Waals surface area contributed by atoms with Crippen LogP contribution in [0.25, 0.3) is 0 Å². The summed E-state index contributed by atoms with van der Waals surface area (Å²) in [4.78, 5) is 2.51. The third kappa shape index (κ3) is 4.40. The number of nitrogens with one attached hydrogen (secondary N) is 1. The molecule has 1 rings (SSSR count). The second-order valence-electron chi connectivity index (χ2n) is 3.94. The monoisotopic (exact) mass is 200 g/mol. The van der Waals surface area contributed by atoms with Crippen LogP contribution in [-0.2, 0) is 4.74 Å². The maximum absolute atomic E-state index is 5.37. The molecule has 3 nitrogen and oxygen atoms in total. The molecule has 1 aliphatic rings. The highest BCUT2D eigenvalue weighted by atomic mass is 16.5. The van der Waals surface area contributed by atoms with E-state index in [1.54, 1.807) is 0 Å². The van der Waals surface area contributed by atoms with Crippen LogP contribution in [0.2, 0.25) is 0 Å². The summed E-state index contributed by atoms with van der Waals surface area (Å²) in [7, 11) is 0. The number of ether oxygens (including phenoxy) is 1. The van der Waals surface area contributed by atoms with Crippen LogP contribution in [0.1, 0.15) is 26.7 Å². The topological polar surface area (TPSA) is 24.5 Å². The minimum absolute atomic E-state index is 0.704. The van der Waals surface area contributed by atoms with Crippen LogP contribution < -0.4 is 5.32 Å². The van der Waals surface area contributed by atoms with Gasteiger partial charge in [0.05, 0.1) is 6.61 Å². The largest absolute Gasteiger partial charge is 0.380 e. The average Bonchev–Trinajstić information content (AvgIpc) is 2.19. The number of piperazine rings is 1. The van der Waals surface area contributed by atoms with Gasteiger partial charge in [0, 0.05) is 38.8 Å². The second-order valence-corrected chi connectivity index (χ2v) is 3.94. The highest BCUT2D eigenvalue weighted by Crippen LogP contribution is 2.04. The van der Waals surface area contributed by atoms with Crippen molar-refractivity contribution in [2.24, 2.45) is 0 Å². The maximum atomic E-state index is 5.37. The molecule has 0 aromatic carbocycles. The molecule has 3 heteroatoms. The molecule has 1 saturated heterocycles. The molecule has 0 spiro atoms. The van der Waals surface area contributed by atoms with E-state index in [1.165, 1.54) is 25.9 Å². The van der Waals surface area contributed by atoms with Crippen LogP contribution in [-0.4, -0.2) is 50.3 Å². The van der Waals surface area contributed by atoms with Gasteiger partial charge in [-0.25, -0.2) is 0 Å². The lowest BCUT2D eigenvalue weighted by Gasteiger charge is -2.33. The summed E-state index contributed by atoms with van der Waals surface area (Å²) >= 11 is 0. The van der Waals surface area contributed by atoms with Gasteiger partial charge in [0.1, 0.15) is 0 Å². The molecule has 0 saturated carbocycles. The summed E-state index contributed by atoms with van der Waals surface area (Å²) in [5.41, 5.74) is 0. The van der Waals surface area contributed by atoms with Crippen LogP contribution in [0, 0.1) is 0 Å². The predicted molar refractivity (Wildman–Crippen MR) is 59.6 cm³/mol. The molecule has 14 heavy (non-hydrogen) atoms. The fourth-order valence-electron chi connectivity index (χ4n) is 1.98. The molecule has 1 atom stereocenters. The van der Waals surface area contributed by atoms with Crippen LogP contribution in [0.5, 0.6) is 0 Å². The molecular weight excluding hydrogens is 176 g/mol. The zero-order chi connectivity index (χ0) is 10.2. The minimum atomic E-state index is 0.704. The van der Waals surface area contributed by atoms with Gasteiger partial charge < -0.3 is 10.1 Å². The number of rotatable bonds is 6. The Hall–Kier alpha value is -0.120. The van der Waals surface area contributed by atoms with E-state index >= 15 is 0 Å². The first-order chi connectivity index (χ1) is 6.86. The van der Waals surface area contributed by atoms with E-state index in [4.69, 9.17) is 4.74 Å². The van der Waals surface area contributed by atoms with Gasteiger partial charge >= 0.3 is 0 Å². The Balaban J connectivity index is 2.12. The SMILES string of the molecule is CCCC1CN(CCOCC)CCN1. The maximum Gasteiger partial charge on any atom is 0.0593 e. The number of hydrogen-bond acceptors (Lipinski definition) is 3. The zero-order valence-corrected chi connectivity index (χ0v) is 9.59. The first-order valence-corrected chi connectivity index (χ1v) is 5.90. The summed E-state index contributed by atoms with van der Waals surface area (Å²) in [6.45, 7) is 10.6. The van der Waals surface area contributed by atoms with Crippen LogP contribution in [0.4, 0.5) is 0 Å². The summed E-state index contributed by atoms with van der Waals surface area (Å²) in [6.07, 6.45) is 2.57. The molecule has 1 unspecified atom stereocenters. The van der Waals surface area contributed by atoms with Gasteiger partial charge in [-0.3, -0.25) is 4.90 Å². The Morgan fingerprint density at radius 3 is 3.00 bits per heavy atom. The molecule has 0 amide bonds. The van der Waals surface area contributed by atoms with E-state index in [-0.39, 0.29) is 0 Å². The van der Waals surface area contributed by atoms with Crippen LogP contribution >= 0.6 is 0 Å².